The van der Waals surface area contributed by atoms with E-state index in [1.165, 1.54) is 24.3 Å². The molecule has 0 saturated carbocycles. The summed E-state index contributed by atoms with van der Waals surface area (Å²) < 4.78 is 80.1. The Morgan fingerprint density at radius 1 is 1.07 bits per heavy atom. The fourth-order valence-electron chi connectivity index (χ4n) is 4.81. The normalized spacial score (nSPS) is 14.8. The highest BCUT2D eigenvalue weighted by molar-refractivity contribution is 7.86. The number of fused-ring (bicyclic) bond motifs is 2. The van der Waals surface area contributed by atoms with Crippen molar-refractivity contribution in [2.24, 2.45) is 0 Å². The smallest absolute Gasteiger partial charge is 0.364 e. The van der Waals surface area contributed by atoms with Gasteiger partial charge in [-0.3, -0.25) is 9.35 Å². The lowest BCUT2D eigenvalue weighted by atomic mass is 9.76. The summed E-state index contributed by atoms with van der Waals surface area (Å²) in [6.07, 6.45) is 3.92. The molecule has 13 heteroatoms. The van der Waals surface area contributed by atoms with Gasteiger partial charge in [0.2, 0.25) is 0 Å². The standard InChI is InChI=1S/C28H31NO10S2/c1-28(2)17-20(29(3)19-8-10-21(11-9-19)40(32,33)34)15-24-22(28)13-18-14-26(41(35,36)37)25(16-23(18)39-24)38-12-6-4-5-7-27(30)31/h8-11,13-16H,4-7,12,17H2,1-3H3,(H2-,30,31,32,33,34,35,36,37). The Labute approximate surface area is 238 Å². The number of benzene rings is 2. The Morgan fingerprint density at radius 3 is 2.37 bits per heavy atom. The van der Waals surface area contributed by atoms with E-state index in [9.17, 15) is 30.7 Å². The van der Waals surface area contributed by atoms with Crippen LogP contribution < -0.4 is 9.64 Å². The van der Waals surface area contributed by atoms with E-state index in [1.807, 2.05) is 31.9 Å². The summed E-state index contributed by atoms with van der Waals surface area (Å²) in [5.74, 6) is -0.501. The van der Waals surface area contributed by atoms with Crippen LogP contribution in [0.4, 0.5) is 5.69 Å². The zero-order chi connectivity index (χ0) is 30.2. The zero-order valence-corrected chi connectivity index (χ0v) is 24.4. The third-order valence-corrected chi connectivity index (χ3v) is 8.75. The van der Waals surface area contributed by atoms with Crippen molar-refractivity contribution in [1.82, 2.24) is 0 Å². The van der Waals surface area contributed by atoms with Gasteiger partial charge in [0.1, 0.15) is 15.9 Å². The molecule has 0 saturated heterocycles. The van der Waals surface area contributed by atoms with Gasteiger partial charge in [0.15, 0.2) is 0 Å². The van der Waals surface area contributed by atoms with E-state index in [-0.39, 0.29) is 23.7 Å². The molecule has 1 aliphatic carbocycles. The zero-order valence-electron chi connectivity index (χ0n) is 22.8. The van der Waals surface area contributed by atoms with Crippen LogP contribution in [-0.2, 0) is 30.4 Å². The molecule has 0 unspecified atom stereocenters. The minimum Gasteiger partial charge on any atom is -0.744 e. The molecule has 0 bridgehead atoms. The van der Waals surface area contributed by atoms with E-state index in [4.69, 9.17) is 14.3 Å². The fourth-order valence-corrected chi connectivity index (χ4v) is 5.93. The van der Waals surface area contributed by atoms with Crippen LogP contribution >= 0.6 is 0 Å². The molecule has 11 nitrogen and oxygen atoms in total. The molecule has 2 N–H and O–H groups in total. The summed E-state index contributed by atoms with van der Waals surface area (Å²) in [5, 5.41) is 9.18. The van der Waals surface area contributed by atoms with Crippen LogP contribution in [0, 0.1) is 0 Å². The molecule has 2 aromatic carbocycles. The average Bonchev–Trinajstić information content (AvgIpc) is 2.87. The van der Waals surface area contributed by atoms with E-state index >= 15 is 0 Å². The van der Waals surface area contributed by atoms with Gasteiger partial charge in [0, 0.05) is 30.3 Å². The molecule has 1 heterocycles. The molecule has 1 aliphatic rings. The highest BCUT2D eigenvalue weighted by Crippen LogP contribution is 2.43. The fraction of sp³-hybridized carbons (Fsp3) is 0.357. The molecule has 41 heavy (non-hydrogen) atoms. The van der Waals surface area contributed by atoms with Crippen LogP contribution in [-0.4, -0.2) is 50.7 Å². The van der Waals surface area contributed by atoms with Gasteiger partial charge in [-0.15, -0.1) is 0 Å². The number of nitrogens with zero attached hydrogens (tertiary/aromatic N) is 1. The first-order valence-electron chi connectivity index (χ1n) is 12.8. The van der Waals surface area contributed by atoms with Crippen LogP contribution in [0.5, 0.6) is 5.75 Å². The molecule has 1 aromatic heterocycles. The van der Waals surface area contributed by atoms with E-state index in [2.05, 4.69) is 0 Å². The van der Waals surface area contributed by atoms with Gasteiger partial charge in [-0.1, -0.05) is 13.8 Å². The Bertz CT molecular complexity index is 1730. The van der Waals surface area contributed by atoms with Crippen LogP contribution in [0.15, 0.2) is 62.4 Å². The summed E-state index contributed by atoms with van der Waals surface area (Å²) in [7, 11) is -7.36. The van der Waals surface area contributed by atoms with E-state index < -0.39 is 36.5 Å². The monoisotopic (exact) mass is 605 g/mol. The number of carboxylic acids is 1. The number of hydrogen-bond donors (Lipinski definition) is 2. The lowest BCUT2D eigenvalue weighted by Gasteiger charge is -2.33. The first-order chi connectivity index (χ1) is 19.1. The topological polar surface area (TPSA) is 173 Å². The molecular formula is C28H31NO10S2. The molecule has 0 amide bonds. The van der Waals surface area contributed by atoms with Gasteiger partial charge >= 0.3 is 17.3 Å². The quantitative estimate of drug-likeness (QED) is 0.170. The minimum atomic E-state index is -4.86. The second kappa shape index (κ2) is 11.4. The highest BCUT2D eigenvalue weighted by Gasteiger charge is 2.37. The molecule has 0 atom stereocenters. The predicted molar refractivity (Wildman–Crippen MR) is 150 cm³/mol. The number of hydrogen-bond acceptors (Lipinski definition) is 8. The van der Waals surface area contributed by atoms with E-state index in [0.717, 1.165) is 11.3 Å². The number of rotatable bonds is 11. The lowest BCUT2D eigenvalue weighted by molar-refractivity contribution is -0.137. The number of carbonyl (C=O) groups is 1. The van der Waals surface area contributed by atoms with E-state index in [1.54, 1.807) is 18.2 Å². The summed E-state index contributed by atoms with van der Waals surface area (Å²) in [6.45, 7) is 4.10. The second-order valence-electron chi connectivity index (χ2n) is 10.6. The maximum atomic E-state index is 12.1. The Hall–Kier alpha value is -3.52. The molecule has 3 aromatic rings. The number of allylic oxidation sites excluding steroid dienone is 1. The van der Waals surface area contributed by atoms with Gasteiger partial charge in [-0.05, 0) is 62.1 Å². The van der Waals surface area contributed by atoms with Crippen LogP contribution in [0.2, 0.25) is 0 Å². The predicted octanol–water partition coefficient (Wildman–Crippen LogP) is 5.05. The van der Waals surface area contributed by atoms with Crippen molar-refractivity contribution in [1.29, 1.82) is 0 Å². The maximum absolute atomic E-state index is 12.1. The van der Waals surface area contributed by atoms with Gasteiger partial charge in [-0.2, -0.15) is 8.42 Å². The Morgan fingerprint density at radius 2 is 1.76 bits per heavy atom. The van der Waals surface area contributed by atoms with Gasteiger partial charge in [0.25, 0.3) is 10.1 Å². The van der Waals surface area contributed by atoms with Crippen molar-refractivity contribution < 1.29 is 45.0 Å². The van der Waals surface area contributed by atoms with E-state index in [0.29, 0.717) is 48.1 Å². The molecule has 0 radical (unpaired) electrons. The summed E-state index contributed by atoms with van der Waals surface area (Å²) in [6, 6.07) is 10.2. The third-order valence-electron chi connectivity index (χ3n) is 7.03. The van der Waals surface area contributed by atoms with Crippen molar-refractivity contribution in [3.8, 4) is 5.75 Å². The molecule has 4 rings (SSSR count). The summed E-state index contributed by atoms with van der Waals surface area (Å²) in [4.78, 5) is 11.8. The minimum absolute atomic E-state index is 0.0249. The maximum Gasteiger partial charge on any atom is 0.364 e. The Balaban J connectivity index is 1.69. The first-order valence-corrected chi connectivity index (χ1v) is 15.7. The Kier molecular flexibility index (Phi) is 8.46. The van der Waals surface area contributed by atoms with Crippen LogP contribution in [0.3, 0.4) is 0 Å². The SMILES string of the molecule is CN(C1=Cc2[o+]c3cc(OCCCCCC(=O)O)c(S(=O)(=O)[O-])cc3cc2C(C)(C)C1)c1ccc(S(=O)(=O)O)cc1. The van der Waals surface area contributed by atoms with Crippen molar-refractivity contribution >= 4 is 48.9 Å². The average molecular weight is 606 g/mol. The second-order valence-corrected chi connectivity index (χ2v) is 13.4. The summed E-state index contributed by atoms with van der Waals surface area (Å²) >= 11 is 0. The van der Waals surface area contributed by atoms with Gasteiger partial charge < -0.3 is 19.3 Å². The van der Waals surface area contributed by atoms with Gasteiger partial charge in [0.05, 0.1) is 39.5 Å². The molecule has 0 aliphatic heterocycles. The van der Waals surface area contributed by atoms with Crippen LogP contribution in [0.1, 0.15) is 57.3 Å². The number of ether oxygens (including phenoxy) is 1. The van der Waals surface area contributed by atoms with Crippen molar-refractivity contribution in [3.63, 3.8) is 0 Å². The highest BCUT2D eigenvalue weighted by atomic mass is 32.2. The number of unbranched alkanes of at least 4 members (excludes halogenated alkanes) is 2. The lowest BCUT2D eigenvalue weighted by Crippen LogP contribution is -2.29. The van der Waals surface area contributed by atoms with Crippen molar-refractivity contribution in [2.75, 3.05) is 18.6 Å². The first kappa shape index (κ1) is 30.4. The number of anilines is 1. The molecule has 0 fully saturated rings. The number of aliphatic carboxylic acids is 1. The third kappa shape index (κ3) is 7.04. The molecule has 0 spiro atoms. The van der Waals surface area contributed by atoms with Crippen molar-refractivity contribution in [3.05, 3.63) is 59.5 Å². The van der Waals surface area contributed by atoms with Crippen molar-refractivity contribution in [2.45, 2.75) is 61.2 Å². The number of carboxylic acid groups (broad SMARTS) is 1. The van der Waals surface area contributed by atoms with Crippen LogP contribution in [0.25, 0.3) is 17.0 Å². The largest absolute Gasteiger partial charge is 0.744 e. The molecule has 220 valence electrons. The van der Waals surface area contributed by atoms with Gasteiger partial charge in [-0.25, -0.2) is 12.8 Å². The summed E-state index contributed by atoms with van der Waals surface area (Å²) in [5.41, 5.74) is 2.21. The molecular weight excluding hydrogens is 574 g/mol.